The number of aromatic nitrogens is 1. The van der Waals surface area contributed by atoms with Crippen molar-refractivity contribution in [3.05, 3.63) is 21.4 Å². The fraction of sp³-hybridized carbons (Fsp3) is 0.684. The van der Waals surface area contributed by atoms with Crippen LogP contribution in [0.3, 0.4) is 0 Å². The van der Waals surface area contributed by atoms with E-state index in [9.17, 15) is 9.90 Å². The second-order valence-electron chi connectivity index (χ2n) is 7.39. The van der Waals surface area contributed by atoms with Gasteiger partial charge in [-0.05, 0) is 63.4 Å². The number of piperidine rings is 1. The minimum Gasteiger partial charge on any atom is -0.461 e. The first kappa shape index (κ1) is 21.1. The van der Waals surface area contributed by atoms with Crippen molar-refractivity contribution in [3.8, 4) is 0 Å². The standard InChI is InChI=1S/C19H29BrN2O4/c1-11(2)26-18(24)17(23)14-12(3)21-13(4)15(20)16(14)22-9-7-19(5,25-6)8-10-22/h11,17,23H,7-10H2,1-6H3. The van der Waals surface area contributed by atoms with Crippen LogP contribution in [0.25, 0.3) is 0 Å². The number of halogens is 1. The number of hydrogen-bond acceptors (Lipinski definition) is 6. The highest BCUT2D eigenvalue weighted by atomic mass is 79.9. The Kier molecular flexibility index (Phi) is 6.69. The Balaban J connectivity index is 2.43. The van der Waals surface area contributed by atoms with Crippen molar-refractivity contribution in [1.82, 2.24) is 4.98 Å². The van der Waals surface area contributed by atoms with Gasteiger partial charge in [-0.15, -0.1) is 0 Å². The molecule has 146 valence electrons. The van der Waals surface area contributed by atoms with Crippen LogP contribution in [0.4, 0.5) is 5.69 Å². The van der Waals surface area contributed by atoms with Crippen molar-refractivity contribution >= 4 is 27.6 Å². The van der Waals surface area contributed by atoms with Gasteiger partial charge in [0.05, 0.1) is 27.6 Å². The van der Waals surface area contributed by atoms with E-state index in [4.69, 9.17) is 9.47 Å². The molecule has 6 nitrogen and oxygen atoms in total. The summed E-state index contributed by atoms with van der Waals surface area (Å²) in [6.07, 6.45) is 0.0673. The molecule has 1 fully saturated rings. The highest BCUT2D eigenvalue weighted by Crippen LogP contribution is 2.40. The summed E-state index contributed by atoms with van der Waals surface area (Å²) in [5.41, 5.74) is 2.64. The van der Waals surface area contributed by atoms with Crippen molar-refractivity contribution in [2.24, 2.45) is 0 Å². The highest BCUT2D eigenvalue weighted by Gasteiger charge is 2.35. The molecule has 0 aliphatic carbocycles. The molecule has 0 aromatic carbocycles. The molecule has 2 rings (SSSR count). The number of aryl methyl sites for hydroxylation is 2. The summed E-state index contributed by atoms with van der Waals surface area (Å²) < 4.78 is 11.6. The average molecular weight is 429 g/mol. The van der Waals surface area contributed by atoms with Gasteiger partial charge >= 0.3 is 5.97 Å². The second-order valence-corrected chi connectivity index (χ2v) is 8.18. The number of methoxy groups -OCH3 is 1. The number of aliphatic hydroxyl groups is 1. The molecule has 1 unspecified atom stereocenters. The lowest BCUT2D eigenvalue weighted by Crippen LogP contribution is -2.44. The van der Waals surface area contributed by atoms with Crippen LogP contribution >= 0.6 is 15.9 Å². The number of esters is 1. The van der Waals surface area contributed by atoms with E-state index in [0.717, 1.165) is 41.8 Å². The van der Waals surface area contributed by atoms with Crippen molar-refractivity contribution in [1.29, 1.82) is 0 Å². The van der Waals surface area contributed by atoms with Crippen molar-refractivity contribution in [3.63, 3.8) is 0 Å². The molecule has 1 aromatic rings. The number of rotatable bonds is 5. The molecule has 0 saturated carbocycles. The van der Waals surface area contributed by atoms with Crippen molar-refractivity contribution < 1.29 is 19.4 Å². The predicted octanol–water partition coefficient (Wildman–Crippen LogP) is 3.45. The van der Waals surface area contributed by atoms with Gasteiger partial charge in [0.1, 0.15) is 0 Å². The van der Waals surface area contributed by atoms with Crippen molar-refractivity contribution in [2.45, 2.75) is 65.3 Å². The Morgan fingerprint density at radius 3 is 2.35 bits per heavy atom. The van der Waals surface area contributed by atoms with Gasteiger partial charge in [-0.1, -0.05) is 0 Å². The van der Waals surface area contributed by atoms with Gasteiger partial charge in [0.2, 0.25) is 0 Å². The third kappa shape index (κ3) is 4.38. The molecule has 0 radical (unpaired) electrons. The number of anilines is 1. The number of carbonyl (C=O) groups excluding carboxylic acids is 1. The lowest BCUT2D eigenvalue weighted by molar-refractivity contribution is -0.157. The van der Waals surface area contributed by atoms with Gasteiger partial charge in [-0.3, -0.25) is 4.98 Å². The third-order valence-electron chi connectivity index (χ3n) is 4.98. The Morgan fingerprint density at radius 2 is 1.85 bits per heavy atom. The van der Waals surface area contributed by atoms with E-state index >= 15 is 0 Å². The average Bonchev–Trinajstić information content (AvgIpc) is 2.57. The fourth-order valence-corrected chi connectivity index (χ4v) is 3.83. The maximum absolute atomic E-state index is 12.3. The molecule has 1 aliphatic rings. The van der Waals surface area contributed by atoms with Crippen LogP contribution in [-0.4, -0.2) is 48.0 Å². The summed E-state index contributed by atoms with van der Waals surface area (Å²) in [6.45, 7) is 10.9. The van der Waals surface area contributed by atoms with Crippen molar-refractivity contribution in [2.75, 3.05) is 25.1 Å². The van der Waals surface area contributed by atoms with Gasteiger partial charge < -0.3 is 19.5 Å². The van der Waals surface area contributed by atoms with E-state index in [0.29, 0.717) is 11.3 Å². The molecule has 1 aliphatic heterocycles. The Labute approximate surface area is 164 Å². The third-order valence-corrected chi connectivity index (χ3v) is 5.93. The topological polar surface area (TPSA) is 71.9 Å². The number of nitrogens with zero attached hydrogens (tertiary/aromatic N) is 2. The first-order valence-corrected chi connectivity index (χ1v) is 9.74. The zero-order valence-corrected chi connectivity index (χ0v) is 18.0. The van der Waals surface area contributed by atoms with Crippen LogP contribution < -0.4 is 4.90 Å². The summed E-state index contributed by atoms with van der Waals surface area (Å²) in [5, 5.41) is 10.7. The van der Waals surface area contributed by atoms with Crippen LogP contribution in [0.15, 0.2) is 4.47 Å². The van der Waals surface area contributed by atoms with Gasteiger partial charge in [0.15, 0.2) is 6.10 Å². The number of ether oxygens (including phenoxy) is 2. The number of aliphatic hydroxyl groups excluding tert-OH is 1. The smallest absolute Gasteiger partial charge is 0.340 e. The van der Waals surface area contributed by atoms with E-state index in [1.807, 2.05) is 13.8 Å². The van der Waals surface area contributed by atoms with E-state index in [2.05, 4.69) is 32.7 Å². The van der Waals surface area contributed by atoms with Gasteiger partial charge in [-0.25, -0.2) is 4.79 Å². The van der Waals surface area contributed by atoms with Crippen LogP contribution in [-0.2, 0) is 14.3 Å². The molecule has 0 spiro atoms. The molecule has 2 heterocycles. The zero-order valence-electron chi connectivity index (χ0n) is 16.4. The van der Waals surface area contributed by atoms with Gasteiger partial charge in [-0.2, -0.15) is 0 Å². The summed E-state index contributed by atoms with van der Waals surface area (Å²) in [6, 6.07) is 0. The van der Waals surface area contributed by atoms with Crippen LogP contribution in [0, 0.1) is 13.8 Å². The summed E-state index contributed by atoms with van der Waals surface area (Å²) in [7, 11) is 1.74. The van der Waals surface area contributed by atoms with E-state index in [1.165, 1.54) is 0 Å². The summed E-state index contributed by atoms with van der Waals surface area (Å²) >= 11 is 3.62. The Bertz CT molecular complexity index is 670. The molecule has 1 saturated heterocycles. The molecule has 0 bridgehead atoms. The number of pyridine rings is 1. The normalized spacial score (nSPS) is 18.1. The monoisotopic (exact) mass is 428 g/mol. The van der Waals surface area contributed by atoms with E-state index in [-0.39, 0.29) is 11.7 Å². The first-order valence-electron chi connectivity index (χ1n) is 8.95. The second kappa shape index (κ2) is 8.23. The molecular weight excluding hydrogens is 400 g/mol. The van der Waals surface area contributed by atoms with E-state index in [1.54, 1.807) is 21.0 Å². The first-order chi connectivity index (χ1) is 12.1. The Morgan fingerprint density at radius 1 is 1.27 bits per heavy atom. The molecule has 26 heavy (non-hydrogen) atoms. The molecule has 1 aromatic heterocycles. The van der Waals surface area contributed by atoms with Crippen LogP contribution in [0.1, 0.15) is 56.7 Å². The van der Waals surface area contributed by atoms with Gasteiger partial charge in [0.25, 0.3) is 0 Å². The minimum absolute atomic E-state index is 0.143. The molecule has 1 N–H and O–H groups in total. The quantitative estimate of drug-likeness (QED) is 0.723. The summed E-state index contributed by atoms with van der Waals surface area (Å²) in [5.74, 6) is -0.652. The maximum Gasteiger partial charge on any atom is 0.340 e. The summed E-state index contributed by atoms with van der Waals surface area (Å²) in [4.78, 5) is 19.0. The largest absolute Gasteiger partial charge is 0.461 e. The van der Waals surface area contributed by atoms with Gasteiger partial charge in [0, 0.05) is 31.5 Å². The van der Waals surface area contributed by atoms with E-state index < -0.39 is 12.1 Å². The fourth-order valence-electron chi connectivity index (χ4n) is 3.28. The predicted molar refractivity (Wildman–Crippen MR) is 104 cm³/mol. The van der Waals surface area contributed by atoms with Crippen LogP contribution in [0.2, 0.25) is 0 Å². The molecule has 1 atom stereocenters. The van der Waals surface area contributed by atoms with Crippen LogP contribution in [0.5, 0.6) is 0 Å². The molecule has 0 amide bonds. The number of carbonyl (C=O) groups is 1. The molecule has 7 heteroatoms. The number of hydrogen-bond donors (Lipinski definition) is 1. The SMILES string of the molecule is COC1(C)CCN(c2c(Br)c(C)nc(C)c2C(O)C(=O)OC(C)C)CC1. The highest BCUT2D eigenvalue weighted by molar-refractivity contribution is 9.10. The molecular formula is C19H29BrN2O4. The Hall–Kier alpha value is -1.18. The minimum atomic E-state index is -1.37. The lowest BCUT2D eigenvalue weighted by atomic mass is 9.92. The maximum atomic E-state index is 12.3. The zero-order chi connectivity index (χ0) is 19.6. The lowest BCUT2D eigenvalue weighted by Gasteiger charge is -2.41.